The highest BCUT2D eigenvalue weighted by Gasteiger charge is 2.25. The number of nitrogen functional groups attached to an aromatic ring is 1. The smallest absolute Gasteiger partial charge is 0.259 e. The summed E-state index contributed by atoms with van der Waals surface area (Å²) in [6.45, 7) is 6.28. The van der Waals surface area contributed by atoms with Crippen LogP contribution in [0.2, 0.25) is 0 Å². The molecule has 3 aromatic heterocycles. The highest BCUT2D eigenvalue weighted by molar-refractivity contribution is 6.12. The quantitative estimate of drug-likeness (QED) is 0.119. The number of hydrogen-bond donors (Lipinski definition) is 4. The van der Waals surface area contributed by atoms with Crippen molar-refractivity contribution in [2.75, 3.05) is 18.2 Å². The van der Waals surface area contributed by atoms with Crippen LogP contribution in [-0.4, -0.2) is 33.0 Å². The van der Waals surface area contributed by atoms with Crippen molar-refractivity contribution in [3.63, 3.8) is 0 Å². The molecule has 5 N–H and O–H groups in total. The molecule has 2 aliphatic heterocycles. The van der Waals surface area contributed by atoms with Crippen LogP contribution in [0.15, 0.2) is 152 Å². The van der Waals surface area contributed by atoms with Crippen LogP contribution in [0, 0.1) is 0 Å². The van der Waals surface area contributed by atoms with Crippen molar-refractivity contribution in [3.05, 3.63) is 186 Å². The van der Waals surface area contributed by atoms with Gasteiger partial charge in [-0.05, 0) is 87.9 Å². The summed E-state index contributed by atoms with van der Waals surface area (Å²) in [6.07, 6.45) is 8.28. The van der Waals surface area contributed by atoms with Gasteiger partial charge in [-0.2, -0.15) is 0 Å². The van der Waals surface area contributed by atoms with Gasteiger partial charge >= 0.3 is 0 Å². The highest BCUT2D eigenvalue weighted by atomic mass is 16.5. The van der Waals surface area contributed by atoms with E-state index < -0.39 is 0 Å². The van der Waals surface area contributed by atoms with Crippen molar-refractivity contribution in [3.8, 4) is 50.3 Å². The molecule has 10 rings (SSSR count). The van der Waals surface area contributed by atoms with E-state index in [2.05, 4.69) is 121 Å². The van der Waals surface area contributed by atoms with Gasteiger partial charge in [-0.15, -0.1) is 0 Å². The van der Waals surface area contributed by atoms with Crippen LogP contribution in [0.4, 0.5) is 11.4 Å². The molecule has 5 aromatic carbocycles. The molecule has 8 nitrogen and oxygen atoms in total. The Morgan fingerprint density at radius 2 is 0.969 bits per heavy atom. The van der Waals surface area contributed by atoms with Gasteiger partial charge in [-0.1, -0.05) is 142 Å². The zero-order chi connectivity index (χ0) is 44.0. The predicted molar refractivity (Wildman–Crippen MR) is 265 cm³/mol. The van der Waals surface area contributed by atoms with Gasteiger partial charge in [-0.3, -0.25) is 4.79 Å². The number of H-pyrrole nitrogens is 2. The molecule has 8 aromatic rings. The largest absolute Gasteiger partial charge is 0.494 e. The molecule has 312 valence electrons. The van der Waals surface area contributed by atoms with E-state index in [-0.39, 0.29) is 11.3 Å². The number of anilines is 2. The second-order valence-electron chi connectivity index (χ2n) is 17.0. The van der Waals surface area contributed by atoms with E-state index in [4.69, 9.17) is 20.4 Å². The van der Waals surface area contributed by atoms with Gasteiger partial charge in [0.25, 0.3) is 5.91 Å². The minimum absolute atomic E-state index is 0.279. The molecule has 1 amide bonds. The van der Waals surface area contributed by atoms with Crippen LogP contribution in [0.5, 0.6) is 5.75 Å². The van der Waals surface area contributed by atoms with E-state index in [1.807, 2.05) is 91.0 Å². The molecule has 5 heterocycles. The molecule has 0 saturated carbocycles. The summed E-state index contributed by atoms with van der Waals surface area (Å²) in [5, 5.41) is 3.33. The number of aromatic amines is 2. The first kappa shape index (κ1) is 39.9. The number of methoxy groups -OCH3 is 1. The van der Waals surface area contributed by atoms with Crippen molar-refractivity contribution in [1.29, 1.82) is 0 Å². The summed E-state index contributed by atoms with van der Waals surface area (Å²) in [7, 11) is 1.54. The van der Waals surface area contributed by atoms with Crippen LogP contribution in [0.25, 0.3) is 90.9 Å². The van der Waals surface area contributed by atoms with Crippen LogP contribution in [0.3, 0.4) is 0 Å². The minimum atomic E-state index is -0.366. The summed E-state index contributed by atoms with van der Waals surface area (Å²) in [6, 6.07) is 51.1. The van der Waals surface area contributed by atoms with Gasteiger partial charge < -0.3 is 25.8 Å². The lowest BCUT2D eigenvalue weighted by atomic mass is 9.85. The number of carbonyl (C=O) groups is 1. The average Bonchev–Trinajstić information content (AvgIpc) is 4.15. The Morgan fingerprint density at radius 1 is 0.547 bits per heavy atom. The Balaban J connectivity index is 1.37. The number of ether oxygens (including phenoxy) is 1. The molecular formula is C56H46N6O2. The Labute approximate surface area is 371 Å². The number of amides is 1. The van der Waals surface area contributed by atoms with Gasteiger partial charge in [0, 0.05) is 33.3 Å². The summed E-state index contributed by atoms with van der Waals surface area (Å²) in [4.78, 5) is 33.4. The van der Waals surface area contributed by atoms with Crippen molar-refractivity contribution >= 4 is 63.7 Å². The van der Waals surface area contributed by atoms with Crippen molar-refractivity contribution < 1.29 is 9.53 Å². The predicted octanol–water partition coefficient (Wildman–Crippen LogP) is 13.5. The van der Waals surface area contributed by atoms with Gasteiger partial charge in [0.1, 0.15) is 0 Å². The van der Waals surface area contributed by atoms with Crippen molar-refractivity contribution in [1.82, 2.24) is 19.9 Å². The number of nitrogens with two attached hydrogens (primary N) is 1. The fourth-order valence-electron chi connectivity index (χ4n) is 8.69. The fourth-order valence-corrected chi connectivity index (χ4v) is 8.69. The van der Waals surface area contributed by atoms with Crippen LogP contribution >= 0.6 is 0 Å². The Bertz CT molecular complexity index is 3320. The lowest BCUT2D eigenvalue weighted by Crippen LogP contribution is -2.18. The van der Waals surface area contributed by atoms with Crippen molar-refractivity contribution in [2.45, 2.75) is 26.2 Å². The molecule has 0 radical (unpaired) electrons. The average molecular weight is 835 g/mol. The monoisotopic (exact) mass is 834 g/mol. The van der Waals surface area contributed by atoms with Crippen LogP contribution < -0.4 is 15.8 Å². The molecule has 0 fully saturated rings. The topological polar surface area (TPSA) is 122 Å². The molecule has 0 spiro atoms. The van der Waals surface area contributed by atoms with E-state index in [0.717, 1.165) is 89.4 Å². The molecule has 0 unspecified atom stereocenters. The van der Waals surface area contributed by atoms with Gasteiger partial charge in [0.05, 0.1) is 57.9 Å². The molecule has 64 heavy (non-hydrogen) atoms. The van der Waals surface area contributed by atoms with E-state index in [1.54, 1.807) is 0 Å². The number of aromatic nitrogens is 4. The third-order valence-electron chi connectivity index (χ3n) is 11.8. The summed E-state index contributed by atoms with van der Waals surface area (Å²) < 4.78 is 5.79. The third-order valence-corrected chi connectivity index (χ3v) is 11.8. The summed E-state index contributed by atoms with van der Waals surface area (Å²) in [5.41, 5.74) is 22.3. The first-order valence-corrected chi connectivity index (χ1v) is 21.4. The minimum Gasteiger partial charge on any atom is -0.494 e. The van der Waals surface area contributed by atoms with Gasteiger partial charge in [-0.25, -0.2) is 9.97 Å². The number of carbonyl (C=O) groups excluding carboxylic acids is 1. The second kappa shape index (κ2) is 16.2. The molecule has 8 bridgehead atoms. The Hall–Kier alpha value is -8.23. The maximum Gasteiger partial charge on any atom is 0.259 e. The molecule has 0 atom stereocenters. The lowest BCUT2D eigenvalue weighted by molar-refractivity contribution is 0.102. The van der Waals surface area contributed by atoms with Gasteiger partial charge in [0.15, 0.2) is 5.75 Å². The van der Waals surface area contributed by atoms with Crippen molar-refractivity contribution in [2.24, 2.45) is 0 Å². The first-order valence-electron chi connectivity index (χ1n) is 21.4. The maximum atomic E-state index is 14.8. The number of benzene rings is 5. The summed E-state index contributed by atoms with van der Waals surface area (Å²) in [5.74, 6) is -0.0511. The zero-order valence-electron chi connectivity index (χ0n) is 36.0. The van der Waals surface area contributed by atoms with E-state index in [0.29, 0.717) is 28.2 Å². The zero-order valence-corrected chi connectivity index (χ0v) is 36.0. The van der Waals surface area contributed by atoms with E-state index in [9.17, 15) is 4.79 Å². The lowest BCUT2D eigenvalue weighted by Gasteiger charge is -2.22. The first-order chi connectivity index (χ1) is 31.1. The van der Waals surface area contributed by atoms with Crippen LogP contribution in [0.1, 0.15) is 59.5 Å². The van der Waals surface area contributed by atoms with Gasteiger partial charge in [0.2, 0.25) is 0 Å². The summed E-state index contributed by atoms with van der Waals surface area (Å²) >= 11 is 0. The normalized spacial score (nSPS) is 12.1. The van der Waals surface area contributed by atoms with Crippen LogP contribution in [-0.2, 0) is 5.41 Å². The standard InChI is InChI=1S/C56H46N6O2/c1-56(2,3)38-31-39(54(64-4)40(57)32-38)55(63)62-48-33-47-51(36-21-13-7-14-22-36)45-28-27-43(59-45)49(34-17-9-5-10-18-34)41-25-26-42(58-41)50(35-19-11-6-12-20-35)44-29-30-46(60-44)52(53(48)61-47)37-23-15-8-16-24-37/h5-33,58,61H,57H2,1-4H3,(H,62,63). The number of rotatable bonds is 7. The number of hydrogen-bond acceptors (Lipinski definition) is 5. The fraction of sp³-hybridized carbons (Fsp3) is 0.0893. The highest BCUT2D eigenvalue weighted by Crippen LogP contribution is 2.41. The number of nitrogens with zero attached hydrogens (tertiary/aromatic N) is 2. The molecule has 8 heteroatoms. The second-order valence-corrected chi connectivity index (χ2v) is 17.0. The third kappa shape index (κ3) is 7.35. The Morgan fingerprint density at radius 3 is 1.41 bits per heavy atom. The SMILES string of the molecule is COc1c(N)cc(C(C)(C)C)cc1C(=O)Nc1cc2[nH]c1c(-c1ccccc1)c1nc(c(-c3ccccc3)c3ccc([nH]3)c(-c3ccccc3)c3nc(c2-c2ccccc2)C=C3)C=C1. The van der Waals surface area contributed by atoms with E-state index >= 15 is 0 Å². The molecule has 0 saturated heterocycles. The molecule has 2 aliphatic rings. The Kier molecular flexibility index (Phi) is 10.1. The number of nitrogens with one attached hydrogen (secondary N) is 3. The maximum absolute atomic E-state index is 14.8. The van der Waals surface area contributed by atoms with E-state index in [1.165, 1.54) is 7.11 Å². The molecular weight excluding hydrogens is 789 g/mol. The molecule has 0 aliphatic carbocycles. The number of fused-ring (bicyclic) bond motifs is 8.